The van der Waals surface area contributed by atoms with Gasteiger partial charge >= 0.3 is 0 Å². The van der Waals surface area contributed by atoms with Gasteiger partial charge in [-0.1, -0.05) is 18.2 Å². The van der Waals surface area contributed by atoms with Crippen molar-refractivity contribution in [3.8, 4) is 5.75 Å². The van der Waals surface area contributed by atoms with Crippen LogP contribution in [0.15, 0.2) is 41.1 Å². The zero-order valence-corrected chi connectivity index (χ0v) is 13.6. The van der Waals surface area contributed by atoms with E-state index in [1.165, 1.54) is 5.56 Å². The number of ether oxygens (including phenoxy) is 1. The van der Waals surface area contributed by atoms with E-state index >= 15 is 0 Å². The molecule has 2 atom stereocenters. The second-order valence-corrected chi connectivity index (χ2v) is 6.48. The lowest BCUT2D eigenvalue weighted by Crippen LogP contribution is -2.41. The van der Waals surface area contributed by atoms with E-state index in [4.69, 9.17) is 4.74 Å². The van der Waals surface area contributed by atoms with Gasteiger partial charge in [-0.25, -0.2) is 0 Å². The fourth-order valence-corrected chi connectivity index (χ4v) is 3.41. The fourth-order valence-electron chi connectivity index (χ4n) is 2.70. The maximum atomic E-state index is 12.4. The Morgan fingerprint density at radius 2 is 2.23 bits per heavy atom. The highest BCUT2D eigenvalue weighted by atomic mass is 32.1. The zero-order valence-electron chi connectivity index (χ0n) is 12.8. The number of nitrogens with one attached hydrogen (secondary N) is 1. The maximum absolute atomic E-state index is 12.4. The van der Waals surface area contributed by atoms with Gasteiger partial charge in [0.25, 0.3) is 5.91 Å². The van der Waals surface area contributed by atoms with Crippen LogP contribution >= 0.6 is 11.3 Å². The van der Waals surface area contributed by atoms with Crippen molar-refractivity contribution in [1.82, 2.24) is 10.2 Å². The van der Waals surface area contributed by atoms with Gasteiger partial charge in [0.1, 0.15) is 5.75 Å². The molecule has 1 aliphatic heterocycles. The summed E-state index contributed by atoms with van der Waals surface area (Å²) in [5.41, 5.74) is 2.33. The third kappa shape index (κ3) is 3.15. The van der Waals surface area contributed by atoms with Crippen LogP contribution in [-0.4, -0.2) is 37.6 Å². The Hall–Kier alpha value is -1.85. The number of carbonyl (C=O) groups is 1. The highest BCUT2D eigenvalue weighted by Crippen LogP contribution is 2.28. The van der Waals surface area contributed by atoms with E-state index < -0.39 is 6.10 Å². The Morgan fingerprint density at radius 1 is 1.41 bits per heavy atom. The van der Waals surface area contributed by atoms with Crippen LogP contribution in [0.25, 0.3) is 0 Å². The van der Waals surface area contributed by atoms with E-state index in [1.807, 2.05) is 38.4 Å². The van der Waals surface area contributed by atoms with Crippen molar-refractivity contribution in [3.05, 3.63) is 52.2 Å². The van der Waals surface area contributed by atoms with Crippen LogP contribution in [0.1, 0.15) is 17.2 Å². The Labute approximate surface area is 134 Å². The molecule has 1 N–H and O–H groups in total. The Morgan fingerprint density at radius 3 is 2.91 bits per heavy atom. The lowest BCUT2D eigenvalue weighted by Gasteiger charge is -2.24. The van der Waals surface area contributed by atoms with Crippen molar-refractivity contribution < 1.29 is 9.53 Å². The Kier molecular flexibility index (Phi) is 4.45. The summed E-state index contributed by atoms with van der Waals surface area (Å²) in [6, 6.07) is 10.1. The Balaban J connectivity index is 1.59. The largest absolute Gasteiger partial charge is 0.480 e. The average molecular weight is 316 g/mol. The van der Waals surface area contributed by atoms with Gasteiger partial charge in [-0.2, -0.15) is 11.3 Å². The predicted octanol–water partition coefficient (Wildman–Crippen LogP) is 2.47. The monoisotopic (exact) mass is 316 g/mol. The first kappa shape index (κ1) is 15.1. The smallest absolute Gasteiger partial charge is 0.261 e. The molecule has 1 aliphatic rings. The molecule has 2 aromatic rings. The van der Waals surface area contributed by atoms with E-state index in [1.54, 1.807) is 11.3 Å². The molecule has 0 radical (unpaired) electrons. The first-order valence-electron chi connectivity index (χ1n) is 7.36. The van der Waals surface area contributed by atoms with Crippen LogP contribution in [0.4, 0.5) is 0 Å². The lowest BCUT2D eigenvalue weighted by atomic mass is 10.1. The van der Waals surface area contributed by atoms with Crippen molar-refractivity contribution >= 4 is 17.2 Å². The number of fused-ring (bicyclic) bond motifs is 1. The summed E-state index contributed by atoms with van der Waals surface area (Å²) in [7, 11) is 4.05. The molecule has 3 rings (SSSR count). The zero-order chi connectivity index (χ0) is 15.5. The van der Waals surface area contributed by atoms with E-state index in [0.29, 0.717) is 13.0 Å². The van der Waals surface area contributed by atoms with Crippen LogP contribution in [0.2, 0.25) is 0 Å². The summed E-state index contributed by atoms with van der Waals surface area (Å²) in [5, 5.41) is 7.21. The number of para-hydroxylation sites is 1. The quantitative estimate of drug-likeness (QED) is 0.921. The normalized spacial score (nSPS) is 17.9. The number of thiophene rings is 1. The minimum absolute atomic E-state index is 0.0433. The van der Waals surface area contributed by atoms with E-state index in [9.17, 15) is 4.79 Å². The van der Waals surface area contributed by atoms with Gasteiger partial charge < -0.3 is 15.0 Å². The minimum Gasteiger partial charge on any atom is -0.480 e. The lowest BCUT2D eigenvalue weighted by molar-refractivity contribution is -0.127. The number of likely N-dealkylation sites (N-methyl/N-ethyl adjacent to an activating group) is 1. The van der Waals surface area contributed by atoms with Crippen molar-refractivity contribution in [1.29, 1.82) is 0 Å². The standard InChI is InChI=1S/C17H20N2O2S/c1-19(2)14(13-7-8-22-11-13)10-18-17(20)16-9-12-5-3-4-6-15(12)21-16/h3-8,11,14,16H,9-10H2,1-2H3,(H,18,20)/t14-,16+/m1/s1. The predicted molar refractivity (Wildman–Crippen MR) is 88.3 cm³/mol. The van der Waals surface area contributed by atoms with Crippen molar-refractivity contribution in [2.24, 2.45) is 0 Å². The third-order valence-electron chi connectivity index (χ3n) is 3.96. The van der Waals surface area contributed by atoms with E-state index in [0.717, 1.165) is 11.3 Å². The van der Waals surface area contributed by atoms with Crippen LogP contribution in [-0.2, 0) is 11.2 Å². The fraction of sp³-hybridized carbons (Fsp3) is 0.353. The summed E-state index contributed by atoms with van der Waals surface area (Å²) in [6.45, 7) is 0.582. The molecular formula is C17H20N2O2S. The molecular weight excluding hydrogens is 296 g/mol. The molecule has 1 aromatic heterocycles. The molecule has 0 aliphatic carbocycles. The van der Waals surface area contributed by atoms with Crippen LogP contribution < -0.4 is 10.1 Å². The number of benzene rings is 1. The SMILES string of the molecule is CN(C)[C@H](CNC(=O)[C@@H]1Cc2ccccc2O1)c1ccsc1. The first-order chi connectivity index (χ1) is 10.6. The molecule has 0 saturated carbocycles. The van der Waals surface area contributed by atoms with Gasteiger partial charge in [-0.05, 0) is 48.1 Å². The molecule has 0 unspecified atom stereocenters. The van der Waals surface area contributed by atoms with E-state index in [-0.39, 0.29) is 11.9 Å². The molecule has 0 fully saturated rings. The molecule has 22 heavy (non-hydrogen) atoms. The maximum Gasteiger partial charge on any atom is 0.261 e. The third-order valence-corrected chi connectivity index (χ3v) is 4.66. The number of hydrogen-bond donors (Lipinski definition) is 1. The first-order valence-corrected chi connectivity index (χ1v) is 8.30. The van der Waals surface area contributed by atoms with Gasteiger partial charge in [0.2, 0.25) is 0 Å². The molecule has 1 aromatic carbocycles. The van der Waals surface area contributed by atoms with E-state index in [2.05, 4.69) is 27.0 Å². The molecule has 0 spiro atoms. The average Bonchev–Trinajstić information content (AvgIpc) is 3.16. The highest BCUT2D eigenvalue weighted by molar-refractivity contribution is 7.07. The van der Waals surface area contributed by atoms with Gasteiger partial charge in [0, 0.05) is 13.0 Å². The summed E-state index contributed by atoms with van der Waals surface area (Å²) in [4.78, 5) is 14.5. The van der Waals surface area contributed by atoms with Crippen molar-refractivity contribution in [2.45, 2.75) is 18.6 Å². The number of hydrogen-bond acceptors (Lipinski definition) is 4. The van der Waals surface area contributed by atoms with Crippen LogP contribution in [0, 0.1) is 0 Å². The molecule has 116 valence electrons. The summed E-state index contributed by atoms with van der Waals surface area (Å²) < 4.78 is 5.73. The van der Waals surface area contributed by atoms with Gasteiger partial charge in [-0.3, -0.25) is 4.79 Å². The van der Waals surface area contributed by atoms with Crippen LogP contribution in [0.3, 0.4) is 0 Å². The topological polar surface area (TPSA) is 41.6 Å². The second-order valence-electron chi connectivity index (χ2n) is 5.70. The van der Waals surface area contributed by atoms with Crippen LogP contribution in [0.5, 0.6) is 5.75 Å². The number of nitrogens with zero attached hydrogens (tertiary/aromatic N) is 1. The molecule has 1 amide bonds. The summed E-state index contributed by atoms with van der Waals surface area (Å²) in [6.07, 6.45) is 0.232. The van der Waals surface area contributed by atoms with Gasteiger partial charge in [0.15, 0.2) is 6.10 Å². The molecule has 2 heterocycles. The van der Waals surface area contributed by atoms with Crippen molar-refractivity contribution in [2.75, 3.05) is 20.6 Å². The minimum atomic E-state index is -0.414. The van der Waals surface area contributed by atoms with Gasteiger partial charge in [-0.15, -0.1) is 0 Å². The number of carbonyl (C=O) groups excluding carboxylic acids is 1. The Bertz CT molecular complexity index is 615. The number of rotatable bonds is 5. The second kappa shape index (κ2) is 6.50. The highest BCUT2D eigenvalue weighted by Gasteiger charge is 2.29. The molecule has 5 heteroatoms. The number of amides is 1. The van der Waals surface area contributed by atoms with Gasteiger partial charge in [0.05, 0.1) is 6.04 Å². The molecule has 0 bridgehead atoms. The molecule has 4 nitrogen and oxygen atoms in total. The summed E-state index contributed by atoms with van der Waals surface area (Å²) in [5.74, 6) is 0.780. The molecule has 0 saturated heterocycles. The summed E-state index contributed by atoms with van der Waals surface area (Å²) >= 11 is 1.67. The van der Waals surface area contributed by atoms with Crippen molar-refractivity contribution in [3.63, 3.8) is 0 Å².